The molecule has 2 rings (SSSR count). The number of hydrogen-bond acceptors (Lipinski definition) is 2. The van der Waals surface area contributed by atoms with Crippen molar-refractivity contribution >= 4 is 16.8 Å². The molecule has 0 N–H and O–H groups in total. The van der Waals surface area contributed by atoms with Crippen LogP contribution in [-0.2, 0) is 0 Å². The molecule has 2 aromatic rings. The Morgan fingerprint density at radius 2 is 2.06 bits per heavy atom. The minimum atomic E-state index is 0.409. The van der Waals surface area contributed by atoms with Gasteiger partial charge in [0.2, 0.25) is 0 Å². The molecule has 0 fully saturated rings. The topological polar surface area (TPSA) is 33.0 Å². The van der Waals surface area contributed by atoms with Gasteiger partial charge in [0.15, 0.2) is 0 Å². The van der Waals surface area contributed by atoms with Crippen molar-refractivity contribution < 1.29 is 4.74 Å². The van der Waals surface area contributed by atoms with Crippen LogP contribution in [0.3, 0.4) is 0 Å². The number of benzene rings is 2. The third kappa shape index (κ3) is 2.29. The number of nitriles is 1. The van der Waals surface area contributed by atoms with Crippen molar-refractivity contribution in [1.82, 2.24) is 0 Å². The Hall–Kier alpha value is -2.27. The quantitative estimate of drug-likeness (QED) is 0.793. The first-order valence-electron chi connectivity index (χ1n) is 5.46. The van der Waals surface area contributed by atoms with E-state index in [2.05, 4.69) is 18.2 Å². The second-order valence-corrected chi connectivity index (χ2v) is 3.67. The van der Waals surface area contributed by atoms with Crippen LogP contribution >= 0.6 is 0 Å². The predicted octanol–water partition coefficient (Wildman–Crippen LogP) is 3.78. The number of fused-ring (bicyclic) bond motifs is 1. The van der Waals surface area contributed by atoms with Crippen LogP contribution in [0.25, 0.3) is 16.8 Å². The van der Waals surface area contributed by atoms with Gasteiger partial charge in [-0.3, -0.25) is 0 Å². The van der Waals surface area contributed by atoms with Crippen molar-refractivity contribution in [3.8, 4) is 11.8 Å². The van der Waals surface area contributed by atoms with Crippen LogP contribution in [0.1, 0.15) is 12.0 Å². The van der Waals surface area contributed by atoms with E-state index in [1.54, 1.807) is 7.11 Å². The molecule has 0 radical (unpaired) electrons. The standard InChI is InChI=1S/C15H13NO/c1-17-15-10-9-12-6-2-3-7-13(12)14(15)8-4-5-11-16/h2-4,6-10H,5H2,1H3. The van der Waals surface area contributed by atoms with E-state index in [0.29, 0.717) is 6.42 Å². The Labute approximate surface area is 101 Å². The van der Waals surface area contributed by atoms with Gasteiger partial charge in [0, 0.05) is 5.56 Å². The normalized spacial score (nSPS) is 10.6. The molecule has 0 bridgehead atoms. The zero-order chi connectivity index (χ0) is 12.1. The molecule has 0 unspecified atom stereocenters. The van der Waals surface area contributed by atoms with Crippen LogP contribution in [0, 0.1) is 11.3 Å². The fraction of sp³-hybridized carbons (Fsp3) is 0.133. The Balaban J connectivity index is 2.59. The van der Waals surface area contributed by atoms with E-state index in [1.807, 2.05) is 36.4 Å². The number of methoxy groups -OCH3 is 1. The molecule has 2 aromatic carbocycles. The van der Waals surface area contributed by atoms with E-state index in [0.717, 1.165) is 16.7 Å². The predicted molar refractivity (Wildman–Crippen MR) is 69.8 cm³/mol. The van der Waals surface area contributed by atoms with Crippen molar-refractivity contribution in [2.45, 2.75) is 6.42 Å². The summed E-state index contributed by atoms with van der Waals surface area (Å²) in [5.74, 6) is 0.831. The first kappa shape index (κ1) is 11.2. The molecular weight excluding hydrogens is 210 g/mol. The van der Waals surface area contributed by atoms with E-state index >= 15 is 0 Å². The van der Waals surface area contributed by atoms with Crippen LogP contribution in [0.4, 0.5) is 0 Å². The van der Waals surface area contributed by atoms with E-state index in [1.165, 1.54) is 5.39 Å². The first-order chi connectivity index (χ1) is 8.36. The average Bonchev–Trinajstić information content (AvgIpc) is 2.39. The fourth-order valence-corrected chi connectivity index (χ4v) is 1.85. The van der Waals surface area contributed by atoms with Gasteiger partial charge in [-0.15, -0.1) is 0 Å². The third-order valence-corrected chi connectivity index (χ3v) is 2.64. The molecule has 0 aliphatic rings. The summed E-state index contributed by atoms with van der Waals surface area (Å²) in [7, 11) is 1.66. The molecule has 0 heterocycles. The smallest absolute Gasteiger partial charge is 0.126 e. The highest BCUT2D eigenvalue weighted by atomic mass is 16.5. The van der Waals surface area contributed by atoms with Crippen LogP contribution in [0.15, 0.2) is 42.5 Å². The second-order valence-electron chi connectivity index (χ2n) is 3.67. The van der Waals surface area contributed by atoms with Gasteiger partial charge in [-0.05, 0) is 16.8 Å². The van der Waals surface area contributed by atoms with Crippen LogP contribution in [0.2, 0.25) is 0 Å². The van der Waals surface area contributed by atoms with Crippen LogP contribution in [0.5, 0.6) is 5.75 Å². The minimum Gasteiger partial charge on any atom is -0.496 e. The minimum absolute atomic E-state index is 0.409. The van der Waals surface area contributed by atoms with E-state index < -0.39 is 0 Å². The molecule has 2 nitrogen and oxygen atoms in total. The SMILES string of the molecule is COc1ccc2ccccc2c1C=CCC#N. The molecule has 84 valence electrons. The van der Waals surface area contributed by atoms with Crippen molar-refractivity contribution in [1.29, 1.82) is 5.26 Å². The zero-order valence-electron chi connectivity index (χ0n) is 9.68. The number of nitrogens with zero attached hydrogens (tertiary/aromatic N) is 1. The maximum absolute atomic E-state index is 8.55. The van der Waals surface area contributed by atoms with Gasteiger partial charge >= 0.3 is 0 Å². The van der Waals surface area contributed by atoms with Gasteiger partial charge in [0.1, 0.15) is 5.75 Å². The van der Waals surface area contributed by atoms with E-state index in [9.17, 15) is 0 Å². The summed E-state index contributed by atoms with van der Waals surface area (Å²) in [5, 5.41) is 10.9. The highest BCUT2D eigenvalue weighted by Gasteiger charge is 2.04. The molecule has 0 saturated carbocycles. The van der Waals surface area contributed by atoms with Gasteiger partial charge in [-0.1, -0.05) is 42.5 Å². The zero-order valence-corrected chi connectivity index (χ0v) is 9.68. The third-order valence-electron chi connectivity index (χ3n) is 2.64. The average molecular weight is 223 g/mol. The number of allylic oxidation sites excluding steroid dienone is 1. The maximum atomic E-state index is 8.55. The lowest BCUT2D eigenvalue weighted by Gasteiger charge is -2.08. The van der Waals surface area contributed by atoms with Crippen molar-refractivity contribution in [2.24, 2.45) is 0 Å². The van der Waals surface area contributed by atoms with E-state index in [4.69, 9.17) is 10.00 Å². The summed E-state index contributed by atoms with van der Waals surface area (Å²) in [6, 6.07) is 14.2. The highest BCUT2D eigenvalue weighted by molar-refractivity contribution is 5.93. The van der Waals surface area contributed by atoms with E-state index in [-0.39, 0.29) is 0 Å². The molecule has 17 heavy (non-hydrogen) atoms. The second kappa shape index (κ2) is 5.18. The summed E-state index contributed by atoms with van der Waals surface area (Å²) in [6.45, 7) is 0. The Bertz CT molecular complexity index is 593. The molecule has 0 aliphatic heterocycles. The molecule has 0 aromatic heterocycles. The maximum Gasteiger partial charge on any atom is 0.126 e. The first-order valence-corrected chi connectivity index (χ1v) is 5.46. The molecule has 0 atom stereocenters. The molecule has 2 heteroatoms. The van der Waals surface area contributed by atoms with Gasteiger partial charge in [0.05, 0.1) is 19.6 Å². The fourth-order valence-electron chi connectivity index (χ4n) is 1.85. The van der Waals surface area contributed by atoms with Crippen molar-refractivity contribution in [3.63, 3.8) is 0 Å². The molecule has 0 spiro atoms. The molecule has 0 amide bonds. The van der Waals surface area contributed by atoms with Crippen molar-refractivity contribution in [3.05, 3.63) is 48.0 Å². The van der Waals surface area contributed by atoms with Gasteiger partial charge in [-0.2, -0.15) is 5.26 Å². The van der Waals surface area contributed by atoms with Crippen LogP contribution in [-0.4, -0.2) is 7.11 Å². The summed E-state index contributed by atoms with van der Waals surface area (Å²) < 4.78 is 5.35. The van der Waals surface area contributed by atoms with Gasteiger partial charge in [0.25, 0.3) is 0 Å². The van der Waals surface area contributed by atoms with Gasteiger partial charge < -0.3 is 4.74 Å². The Kier molecular flexibility index (Phi) is 3.42. The van der Waals surface area contributed by atoms with Gasteiger partial charge in [-0.25, -0.2) is 0 Å². The number of hydrogen-bond donors (Lipinski definition) is 0. The lowest BCUT2D eigenvalue weighted by Crippen LogP contribution is -1.88. The summed E-state index contributed by atoms with van der Waals surface area (Å²) in [6.07, 6.45) is 4.21. The molecular formula is C15H13NO. The number of rotatable bonds is 3. The van der Waals surface area contributed by atoms with Crippen LogP contribution < -0.4 is 4.74 Å². The molecule has 0 saturated heterocycles. The van der Waals surface area contributed by atoms with Crippen molar-refractivity contribution in [2.75, 3.05) is 7.11 Å². The Morgan fingerprint density at radius 1 is 1.24 bits per heavy atom. The Morgan fingerprint density at radius 3 is 2.82 bits per heavy atom. The summed E-state index contributed by atoms with van der Waals surface area (Å²) >= 11 is 0. The highest BCUT2D eigenvalue weighted by Crippen LogP contribution is 2.29. The number of ether oxygens (including phenoxy) is 1. The largest absolute Gasteiger partial charge is 0.496 e. The molecule has 0 aliphatic carbocycles. The lowest BCUT2D eigenvalue weighted by atomic mass is 10.0. The summed E-state index contributed by atoms with van der Waals surface area (Å²) in [5.41, 5.74) is 1.03. The summed E-state index contributed by atoms with van der Waals surface area (Å²) in [4.78, 5) is 0. The monoisotopic (exact) mass is 223 g/mol. The lowest BCUT2D eigenvalue weighted by molar-refractivity contribution is 0.414.